The van der Waals surface area contributed by atoms with E-state index in [0.29, 0.717) is 23.3 Å². The van der Waals surface area contributed by atoms with Gasteiger partial charge in [-0.15, -0.1) is 0 Å². The second kappa shape index (κ2) is 6.30. The largest absolute Gasteiger partial charge is 0.399 e. The highest BCUT2D eigenvalue weighted by atomic mass is 35.5. The van der Waals surface area contributed by atoms with Crippen LogP contribution in [-0.4, -0.2) is 24.3 Å². The van der Waals surface area contributed by atoms with Crippen LogP contribution in [0.3, 0.4) is 0 Å². The third-order valence-electron chi connectivity index (χ3n) is 3.64. The molecule has 1 aromatic rings. The Balaban J connectivity index is 2.22. The molecule has 0 amide bonds. The molecule has 0 spiro atoms. The molecule has 0 atom stereocenters. The van der Waals surface area contributed by atoms with Gasteiger partial charge in [0.1, 0.15) is 0 Å². The predicted molar refractivity (Wildman–Crippen MR) is 77.2 cm³/mol. The predicted octanol–water partition coefficient (Wildman–Crippen LogP) is 3.05. The molecule has 0 aliphatic heterocycles. The van der Waals surface area contributed by atoms with E-state index in [2.05, 4.69) is 4.90 Å². The van der Waals surface area contributed by atoms with Gasteiger partial charge >= 0.3 is 0 Å². The molecule has 3 nitrogen and oxygen atoms in total. The number of anilines is 2. The molecule has 0 bridgehead atoms. The van der Waals surface area contributed by atoms with E-state index in [1.165, 1.54) is 32.1 Å². The van der Waals surface area contributed by atoms with Gasteiger partial charge in [-0.25, -0.2) is 0 Å². The second-order valence-corrected chi connectivity index (χ2v) is 5.33. The number of nitrogens with zero attached hydrogens (tertiary/aromatic N) is 1. The summed E-state index contributed by atoms with van der Waals surface area (Å²) in [5.41, 5.74) is 7.40. The van der Waals surface area contributed by atoms with Crippen LogP contribution in [0.4, 0.5) is 11.4 Å². The van der Waals surface area contributed by atoms with E-state index in [0.717, 1.165) is 5.69 Å². The Kier molecular flexibility index (Phi) is 4.72. The van der Waals surface area contributed by atoms with Gasteiger partial charge in [0, 0.05) is 18.3 Å². The van der Waals surface area contributed by atoms with Crippen molar-refractivity contribution in [3.05, 3.63) is 23.2 Å². The minimum atomic E-state index is 0.150. The maximum atomic E-state index is 9.26. The minimum absolute atomic E-state index is 0.150. The van der Waals surface area contributed by atoms with Crippen molar-refractivity contribution >= 4 is 23.0 Å². The highest BCUT2D eigenvalue weighted by Gasteiger charge is 2.22. The quantitative estimate of drug-likeness (QED) is 0.825. The molecule has 1 fully saturated rings. The Hall–Kier alpha value is -0.930. The van der Waals surface area contributed by atoms with Crippen molar-refractivity contribution in [2.75, 3.05) is 23.8 Å². The minimum Gasteiger partial charge on any atom is -0.399 e. The lowest BCUT2D eigenvalue weighted by atomic mass is 9.93. The summed E-state index contributed by atoms with van der Waals surface area (Å²) in [5.74, 6) is 0. The Morgan fingerprint density at radius 3 is 2.61 bits per heavy atom. The molecule has 100 valence electrons. The molecule has 1 saturated carbocycles. The summed E-state index contributed by atoms with van der Waals surface area (Å²) in [7, 11) is 0. The smallest absolute Gasteiger partial charge is 0.0660 e. The average molecular weight is 269 g/mol. The molecule has 0 radical (unpaired) electrons. The maximum absolute atomic E-state index is 9.26. The van der Waals surface area contributed by atoms with Gasteiger partial charge in [0.15, 0.2) is 0 Å². The number of aliphatic hydroxyl groups is 1. The van der Waals surface area contributed by atoms with E-state index in [9.17, 15) is 5.11 Å². The number of rotatable bonds is 4. The molecule has 0 heterocycles. The van der Waals surface area contributed by atoms with E-state index in [4.69, 9.17) is 17.3 Å². The van der Waals surface area contributed by atoms with Gasteiger partial charge in [0.2, 0.25) is 0 Å². The van der Waals surface area contributed by atoms with E-state index in [-0.39, 0.29) is 6.61 Å². The van der Waals surface area contributed by atoms with Crippen LogP contribution in [0.2, 0.25) is 5.02 Å². The first-order chi connectivity index (χ1) is 8.72. The van der Waals surface area contributed by atoms with Crippen LogP contribution >= 0.6 is 11.6 Å². The number of aliphatic hydroxyl groups excluding tert-OH is 1. The first-order valence-electron chi connectivity index (χ1n) is 6.65. The van der Waals surface area contributed by atoms with E-state index >= 15 is 0 Å². The van der Waals surface area contributed by atoms with Gasteiger partial charge in [-0.3, -0.25) is 0 Å². The third kappa shape index (κ3) is 3.09. The zero-order chi connectivity index (χ0) is 13.0. The highest BCUT2D eigenvalue weighted by Crippen LogP contribution is 2.33. The number of benzene rings is 1. The molecule has 0 aromatic heterocycles. The van der Waals surface area contributed by atoms with E-state index < -0.39 is 0 Å². The van der Waals surface area contributed by atoms with Gasteiger partial charge in [-0.2, -0.15) is 0 Å². The Bertz CT molecular complexity index is 391. The number of halogens is 1. The fourth-order valence-corrected chi connectivity index (χ4v) is 3.05. The van der Waals surface area contributed by atoms with Crippen molar-refractivity contribution in [3.8, 4) is 0 Å². The molecule has 18 heavy (non-hydrogen) atoms. The lowest BCUT2D eigenvalue weighted by Gasteiger charge is -2.36. The molecule has 1 aliphatic rings. The highest BCUT2D eigenvalue weighted by molar-refractivity contribution is 6.33. The van der Waals surface area contributed by atoms with Crippen molar-refractivity contribution in [2.24, 2.45) is 0 Å². The average Bonchev–Trinajstić information content (AvgIpc) is 2.38. The maximum Gasteiger partial charge on any atom is 0.0660 e. The summed E-state index contributed by atoms with van der Waals surface area (Å²) in [6.07, 6.45) is 6.21. The van der Waals surface area contributed by atoms with Crippen LogP contribution in [0.25, 0.3) is 0 Å². The number of hydrogen-bond acceptors (Lipinski definition) is 3. The first-order valence-corrected chi connectivity index (χ1v) is 7.02. The van der Waals surface area contributed by atoms with Crippen LogP contribution in [0, 0.1) is 0 Å². The molecule has 4 heteroatoms. The van der Waals surface area contributed by atoms with Gasteiger partial charge in [-0.1, -0.05) is 30.9 Å². The van der Waals surface area contributed by atoms with Gasteiger partial charge in [0.25, 0.3) is 0 Å². The molecular weight excluding hydrogens is 248 g/mol. The Labute approximate surface area is 114 Å². The van der Waals surface area contributed by atoms with Crippen molar-refractivity contribution in [1.82, 2.24) is 0 Å². The zero-order valence-corrected chi connectivity index (χ0v) is 11.4. The normalized spacial score (nSPS) is 16.8. The Morgan fingerprint density at radius 1 is 1.28 bits per heavy atom. The van der Waals surface area contributed by atoms with Crippen LogP contribution < -0.4 is 10.6 Å². The van der Waals surface area contributed by atoms with Gasteiger partial charge in [0.05, 0.1) is 17.3 Å². The Morgan fingerprint density at radius 2 is 2.00 bits per heavy atom. The van der Waals surface area contributed by atoms with Crippen LogP contribution in [0.15, 0.2) is 18.2 Å². The van der Waals surface area contributed by atoms with E-state index in [1.807, 2.05) is 12.1 Å². The van der Waals surface area contributed by atoms with Crippen molar-refractivity contribution in [1.29, 1.82) is 0 Å². The number of hydrogen-bond donors (Lipinski definition) is 2. The van der Waals surface area contributed by atoms with Crippen molar-refractivity contribution in [2.45, 2.75) is 38.1 Å². The van der Waals surface area contributed by atoms with Crippen molar-refractivity contribution < 1.29 is 5.11 Å². The SMILES string of the molecule is Nc1ccc(N(CCO)C2CCCCC2)c(Cl)c1. The number of nitrogen functional groups attached to an aromatic ring is 1. The summed E-state index contributed by atoms with van der Waals surface area (Å²) in [6.45, 7) is 0.783. The summed E-state index contributed by atoms with van der Waals surface area (Å²) in [6, 6.07) is 6.10. The molecule has 0 saturated heterocycles. The lowest BCUT2D eigenvalue weighted by molar-refractivity contribution is 0.290. The summed E-state index contributed by atoms with van der Waals surface area (Å²) in [5, 5.41) is 9.94. The first kappa shape index (κ1) is 13.5. The monoisotopic (exact) mass is 268 g/mol. The topological polar surface area (TPSA) is 49.5 Å². The molecular formula is C14H21ClN2O. The fraction of sp³-hybridized carbons (Fsp3) is 0.571. The molecule has 2 rings (SSSR count). The van der Waals surface area contributed by atoms with Crippen LogP contribution in [0.1, 0.15) is 32.1 Å². The van der Waals surface area contributed by atoms with Gasteiger partial charge < -0.3 is 15.7 Å². The second-order valence-electron chi connectivity index (χ2n) is 4.92. The van der Waals surface area contributed by atoms with Crippen molar-refractivity contribution in [3.63, 3.8) is 0 Å². The molecule has 1 aromatic carbocycles. The third-order valence-corrected chi connectivity index (χ3v) is 3.94. The molecule has 3 N–H and O–H groups in total. The summed E-state index contributed by atoms with van der Waals surface area (Å²) >= 11 is 6.28. The summed E-state index contributed by atoms with van der Waals surface area (Å²) in [4.78, 5) is 2.24. The van der Waals surface area contributed by atoms with E-state index in [1.54, 1.807) is 6.07 Å². The van der Waals surface area contributed by atoms with Crippen LogP contribution in [-0.2, 0) is 0 Å². The lowest BCUT2D eigenvalue weighted by Crippen LogP contribution is -2.39. The zero-order valence-electron chi connectivity index (χ0n) is 10.6. The number of nitrogens with two attached hydrogens (primary N) is 1. The van der Waals surface area contributed by atoms with Gasteiger partial charge in [-0.05, 0) is 31.0 Å². The molecule has 1 aliphatic carbocycles. The standard InChI is InChI=1S/C14H21ClN2O/c15-13-10-11(16)6-7-14(13)17(8-9-18)12-4-2-1-3-5-12/h6-7,10,12,18H,1-5,8-9,16H2. The summed E-state index contributed by atoms with van der Waals surface area (Å²) < 4.78 is 0. The fourth-order valence-electron chi connectivity index (χ4n) is 2.76. The van der Waals surface area contributed by atoms with Crippen LogP contribution in [0.5, 0.6) is 0 Å². The molecule has 0 unspecified atom stereocenters.